The zero-order valence-corrected chi connectivity index (χ0v) is 39.7. The van der Waals surface area contributed by atoms with Crippen LogP contribution in [-0.4, -0.2) is 98.3 Å². The van der Waals surface area contributed by atoms with E-state index < -0.39 is 24.3 Å². The van der Waals surface area contributed by atoms with Crippen molar-refractivity contribution in [1.29, 1.82) is 0 Å². The number of aromatic nitrogens is 5. The smallest absolute Gasteiger partial charge is 0.407 e. The van der Waals surface area contributed by atoms with Gasteiger partial charge >= 0.3 is 12.2 Å². The summed E-state index contributed by atoms with van der Waals surface area (Å²) in [5.74, 6) is 0.901. The maximum absolute atomic E-state index is 13.9. The third-order valence-corrected chi connectivity index (χ3v) is 15.3. The minimum absolute atomic E-state index is 0.102. The molecule has 0 radical (unpaired) electrons. The van der Waals surface area contributed by atoms with E-state index in [-0.39, 0.29) is 41.1 Å². The fourth-order valence-electron chi connectivity index (χ4n) is 11.8. The molecule has 6 aromatic rings. The van der Waals surface area contributed by atoms with Crippen molar-refractivity contribution < 1.29 is 33.2 Å². The number of carbonyl (C=O) groups excluding carboxylic acids is 4. The van der Waals surface area contributed by atoms with E-state index >= 15 is 0 Å². The first-order valence-corrected chi connectivity index (χ1v) is 24.3. The number of fused-ring (bicyclic) bond motifs is 4. The van der Waals surface area contributed by atoms with Gasteiger partial charge in [-0.25, -0.2) is 19.6 Å². The van der Waals surface area contributed by atoms with Gasteiger partial charge in [0.1, 0.15) is 23.7 Å². The summed E-state index contributed by atoms with van der Waals surface area (Å²) in [5.41, 5.74) is 11.6. The third kappa shape index (κ3) is 7.84. The summed E-state index contributed by atoms with van der Waals surface area (Å²) < 4.78 is 15.7. The number of hydrogen-bond donors (Lipinski definition) is 4. The lowest BCUT2D eigenvalue weighted by atomic mass is 9.76. The Morgan fingerprint density at radius 2 is 1.35 bits per heavy atom. The molecular formula is C52H61N9O7. The summed E-state index contributed by atoms with van der Waals surface area (Å²) in [6, 6.07) is 13.4. The number of hydrogen-bond acceptors (Lipinski definition) is 10. The van der Waals surface area contributed by atoms with Gasteiger partial charge in [0.05, 0.1) is 60.8 Å². The number of nitrogens with one attached hydrogen (secondary N) is 4. The second-order valence-electron chi connectivity index (χ2n) is 19.9. The highest BCUT2D eigenvalue weighted by Crippen LogP contribution is 2.56. The molecule has 5 heterocycles. The van der Waals surface area contributed by atoms with Gasteiger partial charge < -0.3 is 44.4 Å². The number of likely N-dealkylation sites (tertiary alicyclic amines) is 2. The number of amides is 4. The molecule has 16 heteroatoms. The van der Waals surface area contributed by atoms with Gasteiger partial charge in [-0.05, 0) is 120 Å². The Hall–Kier alpha value is -6.71. The molecule has 4 amide bonds. The Morgan fingerprint density at radius 1 is 0.735 bits per heavy atom. The summed E-state index contributed by atoms with van der Waals surface area (Å²) in [4.78, 5) is 72.7. The van der Waals surface area contributed by atoms with E-state index in [0.717, 1.165) is 96.0 Å². The average molecular weight is 924 g/mol. The van der Waals surface area contributed by atoms with Crippen LogP contribution in [0.25, 0.3) is 55.5 Å². The number of H-pyrrole nitrogens is 2. The molecule has 2 aliphatic carbocycles. The molecule has 3 fully saturated rings. The molecule has 2 aliphatic heterocycles. The summed E-state index contributed by atoms with van der Waals surface area (Å²) in [7, 11) is 2.60. The summed E-state index contributed by atoms with van der Waals surface area (Å²) in [6.07, 6.45) is 12.4. The highest BCUT2D eigenvalue weighted by atomic mass is 16.5. The quantitative estimate of drug-likeness (QED) is 0.0971. The molecule has 16 nitrogen and oxygen atoms in total. The Bertz CT molecular complexity index is 2910. The molecule has 356 valence electrons. The molecule has 4 atom stereocenters. The lowest BCUT2D eigenvalue weighted by Gasteiger charge is -2.30. The number of nitrogens with zero attached hydrogens (tertiary/aromatic N) is 5. The molecule has 10 rings (SSSR count). The number of aromatic amines is 2. The summed E-state index contributed by atoms with van der Waals surface area (Å²) in [6.45, 7) is 8.81. The molecule has 4 aliphatic rings. The van der Waals surface area contributed by atoms with Crippen LogP contribution in [0.4, 0.5) is 9.59 Å². The lowest BCUT2D eigenvalue weighted by molar-refractivity contribution is -0.136. The number of imidazole rings is 2. The summed E-state index contributed by atoms with van der Waals surface area (Å²) in [5, 5.41) is 10.7. The Balaban J connectivity index is 0.958. The first-order valence-electron chi connectivity index (χ1n) is 24.3. The highest BCUT2D eigenvalue weighted by Gasteiger charge is 2.44. The van der Waals surface area contributed by atoms with Crippen LogP contribution >= 0.6 is 0 Å². The molecule has 3 aromatic carbocycles. The van der Waals surface area contributed by atoms with Crippen LogP contribution in [0.15, 0.2) is 59.4 Å². The molecule has 2 saturated heterocycles. The van der Waals surface area contributed by atoms with Gasteiger partial charge in [0.25, 0.3) is 0 Å². The molecule has 4 N–H and O–H groups in total. The number of rotatable bonds is 11. The monoisotopic (exact) mass is 923 g/mol. The Kier molecular flexibility index (Phi) is 12.0. The van der Waals surface area contributed by atoms with Crippen molar-refractivity contribution in [3.63, 3.8) is 0 Å². The zero-order chi connectivity index (χ0) is 47.4. The SMILES string of the molecule is COC(=O)NC(C(=O)N1CCCC1c1ncc(-c2ccc(-c3ccc(-c4ccc5nc(C6CCCN6C(=O)C(NC(=O)OC)C(C)C)[nH]c5c4)c4c3CCC43CCCC3)c3cnoc23)[nH]1)C(C)C. The zero-order valence-electron chi connectivity index (χ0n) is 39.7. The van der Waals surface area contributed by atoms with Gasteiger partial charge in [0, 0.05) is 18.7 Å². The standard InChI is InChI=1S/C52H61N9O7/c1-28(2)43(58-50(64)66-5)48(62)60-23-9-11-40(60)46-53-27-39(57-46)35-17-16-33(36-26-54-68-45(35)36)32-15-14-31(42-34(32)19-22-52(42)20-7-8-21-52)30-13-18-37-38(25-30)56-47(55-37)41-12-10-24-61(41)49(63)44(29(3)4)59-51(65)67-6/h13-18,25-29,40-41,43-44H,7-12,19-24H2,1-6H3,(H,53,57)(H,55,56)(H,58,64)(H,59,65). The van der Waals surface area contributed by atoms with Gasteiger partial charge in [-0.3, -0.25) is 9.59 Å². The molecular weight excluding hydrogens is 863 g/mol. The fourth-order valence-corrected chi connectivity index (χ4v) is 11.8. The van der Waals surface area contributed by atoms with Crippen LogP contribution < -0.4 is 10.6 Å². The predicted molar refractivity (Wildman–Crippen MR) is 256 cm³/mol. The van der Waals surface area contributed by atoms with Crippen molar-refractivity contribution in [3.8, 4) is 33.5 Å². The van der Waals surface area contributed by atoms with Crippen LogP contribution in [-0.2, 0) is 30.9 Å². The van der Waals surface area contributed by atoms with Gasteiger partial charge in [0.2, 0.25) is 11.8 Å². The number of benzene rings is 3. The van der Waals surface area contributed by atoms with E-state index in [4.69, 9.17) is 24.0 Å². The molecule has 1 spiro atoms. The minimum Gasteiger partial charge on any atom is -0.453 e. The lowest BCUT2D eigenvalue weighted by Crippen LogP contribution is -2.51. The van der Waals surface area contributed by atoms with Crippen molar-refractivity contribution in [1.82, 2.24) is 45.5 Å². The van der Waals surface area contributed by atoms with Crippen molar-refractivity contribution in [2.24, 2.45) is 11.8 Å². The van der Waals surface area contributed by atoms with Crippen LogP contribution in [0.1, 0.15) is 120 Å². The number of carbonyl (C=O) groups is 4. The highest BCUT2D eigenvalue weighted by molar-refractivity contribution is 6.02. The normalized spacial score (nSPS) is 19.6. The van der Waals surface area contributed by atoms with Gasteiger partial charge in [-0.2, -0.15) is 0 Å². The van der Waals surface area contributed by atoms with Crippen molar-refractivity contribution in [3.05, 3.63) is 77.6 Å². The fraction of sp³-hybridized carbons (Fsp3) is 0.481. The van der Waals surface area contributed by atoms with E-state index in [2.05, 4.69) is 68.2 Å². The van der Waals surface area contributed by atoms with Gasteiger partial charge in [-0.1, -0.05) is 70.0 Å². The van der Waals surface area contributed by atoms with Crippen LogP contribution in [0.3, 0.4) is 0 Å². The number of alkyl carbamates (subject to hydrolysis) is 2. The molecule has 3 aromatic heterocycles. The van der Waals surface area contributed by atoms with E-state index in [1.54, 1.807) is 6.20 Å². The molecule has 1 saturated carbocycles. The average Bonchev–Trinajstić information content (AvgIpc) is 4.20. The number of ether oxygens (including phenoxy) is 2. The first kappa shape index (κ1) is 45.1. The maximum Gasteiger partial charge on any atom is 0.407 e. The van der Waals surface area contributed by atoms with E-state index in [9.17, 15) is 19.2 Å². The van der Waals surface area contributed by atoms with Crippen LogP contribution in [0, 0.1) is 11.8 Å². The largest absolute Gasteiger partial charge is 0.453 e. The second kappa shape index (κ2) is 18.1. The van der Waals surface area contributed by atoms with Gasteiger partial charge in [0.15, 0.2) is 5.58 Å². The summed E-state index contributed by atoms with van der Waals surface area (Å²) >= 11 is 0. The minimum atomic E-state index is -0.720. The van der Waals surface area contributed by atoms with E-state index in [1.807, 2.05) is 43.7 Å². The van der Waals surface area contributed by atoms with Crippen molar-refractivity contribution in [2.75, 3.05) is 27.3 Å². The maximum atomic E-state index is 13.9. The third-order valence-electron chi connectivity index (χ3n) is 15.3. The van der Waals surface area contributed by atoms with Crippen molar-refractivity contribution in [2.45, 2.75) is 121 Å². The van der Waals surface area contributed by atoms with E-state index in [0.29, 0.717) is 24.5 Å². The van der Waals surface area contributed by atoms with Crippen molar-refractivity contribution >= 4 is 46.0 Å². The Labute approximate surface area is 395 Å². The predicted octanol–water partition coefficient (Wildman–Crippen LogP) is 9.27. The van der Waals surface area contributed by atoms with Crippen LogP contribution in [0.5, 0.6) is 0 Å². The molecule has 68 heavy (non-hydrogen) atoms. The molecule has 0 bridgehead atoms. The van der Waals surface area contributed by atoms with E-state index in [1.165, 1.54) is 49.3 Å². The number of methoxy groups -OCH3 is 2. The van der Waals surface area contributed by atoms with Crippen LogP contribution in [0.2, 0.25) is 0 Å². The second-order valence-corrected chi connectivity index (χ2v) is 19.9. The molecule has 4 unspecified atom stereocenters. The first-order chi connectivity index (χ1) is 32.9. The Morgan fingerprint density at radius 3 is 2.00 bits per heavy atom. The topological polar surface area (TPSA) is 201 Å². The van der Waals surface area contributed by atoms with Gasteiger partial charge in [-0.15, -0.1) is 0 Å².